The van der Waals surface area contributed by atoms with Crippen LogP contribution < -0.4 is 11.1 Å². The van der Waals surface area contributed by atoms with Gasteiger partial charge in [0.1, 0.15) is 10.8 Å². The molecule has 0 bridgehead atoms. The number of nitrogens with two attached hydrogens (primary N) is 1. The van der Waals surface area contributed by atoms with E-state index in [1.54, 1.807) is 6.07 Å². The summed E-state index contributed by atoms with van der Waals surface area (Å²) in [6.07, 6.45) is 0.412. The molecule has 3 N–H and O–H groups in total. The predicted molar refractivity (Wildman–Crippen MR) is 81.5 cm³/mol. The number of benzene rings is 1. The van der Waals surface area contributed by atoms with Gasteiger partial charge >= 0.3 is 6.09 Å². The van der Waals surface area contributed by atoms with Crippen molar-refractivity contribution >= 4 is 23.3 Å². The fraction of sp³-hybridized carbons (Fsp3) is 0.429. The Bertz CT molecular complexity index is 553. The summed E-state index contributed by atoms with van der Waals surface area (Å²) in [6, 6.07) is 4.66. The molecule has 7 heteroatoms. The van der Waals surface area contributed by atoms with Gasteiger partial charge in [0.15, 0.2) is 0 Å². The quantitative estimate of drug-likeness (QED) is 0.823. The largest absolute Gasteiger partial charge is 0.453 e. The van der Waals surface area contributed by atoms with E-state index in [9.17, 15) is 9.18 Å². The van der Waals surface area contributed by atoms with Gasteiger partial charge in [-0.3, -0.25) is 4.90 Å². The Morgan fingerprint density at radius 3 is 3.00 bits per heavy atom. The number of methoxy groups -OCH3 is 1. The Balaban J connectivity index is 1.97. The van der Waals surface area contributed by atoms with Crippen LogP contribution in [0.5, 0.6) is 0 Å². The molecular weight excluding hydrogens is 293 g/mol. The smallest absolute Gasteiger partial charge is 0.407 e. The zero-order valence-corrected chi connectivity index (χ0v) is 12.6. The summed E-state index contributed by atoms with van der Waals surface area (Å²) < 4.78 is 18.1. The van der Waals surface area contributed by atoms with E-state index in [-0.39, 0.29) is 16.8 Å². The van der Waals surface area contributed by atoms with Gasteiger partial charge in [-0.05, 0) is 30.2 Å². The fourth-order valence-corrected chi connectivity index (χ4v) is 2.58. The molecule has 0 radical (unpaired) electrons. The number of hydrogen-bond donors (Lipinski definition) is 2. The second kappa shape index (κ2) is 6.82. The van der Waals surface area contributed by atoms with Crippen LogP contribution in [0.3, 0.4) is 0 Å². The molecule has 1 aliphatic heterocycles. The minimum Gasteiger partial charge on any atom is -0.453 e. The summed E-state index contributed by atoms with van der Waals surface area (Å²) in [6.45, 7) is 2.12. The third-order valence-electron chi connectivity index (χ3n) is 3.43. The van der Waals surface area contributed by atoms with Crippen molar-refractivity contribution < 1.29 is 13.9 Å². The molecule has 1 fully saturated rings. The van der Waals surface area contributed by atoms with E-state index >= 15 is 0 Å². The number of nitrogens with zero attached hydrogens (tertiary/aromatic N) is 1. The first-order chi connectivity index (χ1) is 9.97. The molecule has 1 aromatic rings. The van der Waals surface area contributed by atoms with Crippen LogP contribution in [0.4, 0.5) is 9.18 Å². The number of amides is 1. The molecule has 1 atom stereocenters. The van der Waals surface area contributed by atoms with Crippen molar-refractivity contribution in [2.45, 2.75) is 19.0 Å². The number of carbonyl (C=O) groups is 1. The van der Waals surface area contributed by atoms with E-state index in [2.05, 4.69) is 15.0 Å². The number of nitrogens with one attached hydrogen (secondary N) is 1. The van der Waals surface area contributed by atoms with Crippen LogP contribution in [0.15, 0.2) is 18.2 Å². The third kappa shape index (κ3) is 4.37. The van der Waals surface area contributed by atoms with Gasteiger partial charge in [0, 0.05) is 31.2 Å². The van der Waals surface area contributed by atoms with E-state index in [0.29, 0.717) is 18.7 Å². The maximum absolute atomic E-state index is 13.5. The summed E-state index contributed by atoms with van der Waals surface area (Å²) in [5.74, 6) is -0.348. The van der Waals surface area contributed by atoms with Crippen molar-refractivity contribution in [2.24, 2.45) is 5.73 Å². The third-order valence-corrected chi connectivity index (χ3v) is 3.66. The van der Waals surface area contributed by atoms with Crippen LogP contribution in [-0.2, 0) is 11.3 Å². The molecule has 0 aromatic heterocycles. The van der Waals surface area contributed by atoms with Gasteiger partial charge in [0.25, 0.3) is 0 Å². The SMILES string of the molecule is COC(=O)NC1CCN(Cc2cc(F)cc(C(N)=S)c2)C1. The highest BCUT2D eigenvalue weighted by Gasteiger charge is 2.24. The number of alkyl carbamates (subject to hydrolysis) is 1. The number of thiocarbonyl (C=S) groups is 1. The molecule has 0 aliphatic carbocycles. The minimum absolute atomic E-state index is 0.0565. The van der Waals surface area contributed by atoms with Gasteiger partial charge in [0.05, 0.1) is 7.11 Å². The molecule has 5 nitrogen and oxygen atoms in total. The molecule has 0 spiro atoms. The second-order valence-corrected chi connectivity index (χ2v) is 5.51. The predicted octanol–water partition coefficient (Wildman–Crippen LogP) is 1.39. The minimum atomic E-state index is -0.427. The van der Waals surface area contributed by atoms with Crippen molar-refractivity contribution in [3.63, 3.8) is 0 Å². The van der Waals surface area contributed by atoms with Gasteiger partial charge in [-0.2, -0.15) is 0 Å². The van der Waals surface area contributed by atoms with E-state index < -0.39 is 6.09 Å². The molecule has 1 saturated heterocycles. The highest BCUT2D eigenvalue weighted by molar-refractivity contribution is 7.80. The lowest BCUT2D eigenvalue weighted by Gasteiger charge is -2.17. The summed E-state index contributed by atoms with van der Waals surface area (Å²) >= 11 is 4.88. The van der Waals surface area contributed by atoms with Crippen molar-refractivity contribution in [3.8, 4) is 0 Å². The first-order valence-electron chi connectivity index (χ1n) is 6.64. The van der Waals surface area contributed by atoms with E-state index in [1.165, 1.54) is 19.2 Å². The number of rotatable bonds is 4. The Hall–Kier alpha value is -1.73. The zero-order chi connectivity index (χ0) is 15.4. The number of carbonyl (C=O) groups excluding carboxylic acids is 1. The summed E-state index contributed by atoms with van der Waals surface area (Å²) in [5.41, 5.74) is 6.89. The Kier molecular flexibility index (Phi) is 5.08. The second-order valence-electron chi connectivity index (χ2n) is 5.07. The van der Waals surface area contributed by atoms with Crippen LogP contribution in [0, 0.1) is 5.82 Å². The lowest BCUT2D eigenvalue weighted by Crippen LogP contribution is -2.36. The first kappa shape index (κ1) is 15.7. The molecule has 2 rings (SSSR count). The van der Waals surface area contributed by atoms with Crippen LogP contribution in [0.1, 0.15) is 17.5 Å². The van der Waals surface area contributed by atoms with Crippen LogP contribution in [-0.4, -0.2) is 42.2 Å². The number of ether oxygens (including phenoxy) is 1. The van der Waals surface area contributed by atoms with Gasteiger partial charge in [-0.15, -0.1) is 0 Å². The average Bonchev–Trinajstić information content (AvgIpc) is 2.85. The summed E-state index contributed by atoms with van der Waals surface area (Å²) in [7, 11) is 1.34. The standard InChI is InChI=1S/C14H18FN3O2S/c1-20-14(19)17-12-2-3-18(8-12)7-9-4-10(13(16)21)6-11(15)5-9/h4-6,12H,2-3,7-8H2,1H3,(H2,16,21)(H,17,19). The zero-order valence-electron chi connectivity index (χ0n) is 11.8. The van der Waals surface area contributed by atoms with E-state index in [1.807, 2.05) is 0 Å². The highest BCUT2D eigenvalue weighted by atomic mass is 32.1. The fourth-order valence-electron chi connectivity index (χ4n) is 2.46. The number of hydrogen-bond acceptors (Lipinski definition) is 4. The lowest BCUT2D eigenvalue weighted by atomic mass is 10.1. The number of likely N-dealkylation sites (tertiary alicyclic amines) is 1. The van der Waals surface area contributed by atoms with Gasteiger partial charge < -0.3 is 15.8 Å². The molecule has 1 aromatic carbocycles. The molecule has 1 aliphatic rings. The van der Waals surface area contributed by atoms with Gasteiger partial charge in [0.2, 0.25) is 0 Å². The van der Waals surface area contributed by atoms with Crippen LogP contribution in [0.2, 0.25) is 0 Å². The Morgan fingerprint density at radius 1 is 1.57 bits per heavy atom. The van der Waals surface area contributed by atoms with Crippen molar-refractivity contribution in [2.75, 3.05) is 20.2 Å². The van der Waals surface area contributed by atoms with Gasteiger partial charge in [-0.1, -0.05) is 12.2 Å². The first-order valence-corrected chi connectivity index (χ1v) is 7.05. The van der Waals surface area contributed by atoms with E-state index in [4.69, 9.17) is 18.0 Å². The maximum Gasteiger partial charge on any atom is 0.407 e. The topological polar surface area (TPSA) is 67.6 Å². The monoisotopic (exact) mass is 311 g/mol. The molecule has 1 unspecified atom stereocenters. The van der Waals surface area contributed by atoms with Crippen molar-refractivity contribution in [1.82, 2.24) is 10.2 Å². The molecule has 1 amide bonds. The molecule has 21 heavy (non-hydrogen) atoms. The molecule has 1 heterocycles. The van der Waals surface area contributed by atoms with E-state index in [0.717, 1.165) is 18.5 Å². The highest BCUT2D eigenvalue weighted by Crippen LogP contribution is 2.16. The Labute approximate surface area is 128 Å². The molecule has 114 valence electrons. The number of halogens is 1. The average molecular weight is 311 g/mol. The molecular formula is C14H18FN3O2S. The normalized spacial score (nSPS) is 18.5. The van der Waals surface area contributed by atoms with Crippen molar-refractivity contribution in [1.29, 1.82) is 0 Å². The maximum atomic E-state index is 13.5. The summed E-state index contributed by atoms with van der Waals surface area (Å²) in [5, 5.41) is 2.77. The lowest BCUT2D eigenvalue weighted by molar-refractivity contribution is 0.166. The Morgan fingerprint density at radius 2 is 2.33 bits per heavy atom. The van der Waals surface area contributed by atoms with Crippen LogP contribution in [0.25, 0.3) is 0 Å². The van der Waals surface area contributed by atoms with Crippen molar-refractivity contribution in [3.05, 3.63) is 35.1 Å². The summed E-state index contributed by atoms with van der Waals surface area (Å²) in [4.78, 5) is 13.5. The van der Waals surface area contributed by atoms with Gasteiger partial charge in [-0.25, -0.2) is 9.18 Å². The molecule has 0 saturated carbocycles. The van der Waals surface area contributed by atoms with Crippen LogP contribution >= 0.6 is 12.2 Å².